The van der Waals surface area contributed by atoms with E-state index < -0.39 is 11.9 Å². The lowest BCUT2D eigenvalue weighted by Crippen LogP contribution is -2.30. The van der Waals surface area contributed by atoms with Crippen molar-refractivity contribution in [2.24, 2.45) is 11.3 Å². The summed E-state index contributed by atoms with van der Waals surface area (Å²) in [7, 11) is 1.33. The fourth-order valence-electron chi connectivity index (χ4n) is 2.21. The first-order chi connectivity index (χ1) is 9.57. The van der Waals surface area contributed by atoms with Crippen LogP contribution in [0.5, 0.6) is 0 Å². The molecule has 0 bridgehead atoms. The third-order valence-electron chi connectivity index (χ3n) is 3.88. The molecule has 3 nitrogen and oxygen atoms in total. The molecule has 0 aliphatic heterocycles. The molecule has 1 aromatic rings. The molecule has 1 fully saturated rings. The summed E-state index contributed by atoms with van der Waals surface area (Å²) in [6.45, 7) is 1.92. The van der Waals surface area contributed by atoms with E-state index in [1.165, 1.54) is 7.11 Å². The maximum absolute atomic E-state index is 12.3. The van der Waals surface area contributed by atoms with E-state index >= 15 is 0 Å². The minimum Gasteiger partial charge on any atom is -0.468 e. The van der Waals surface area contributed by atoms with E-state index in [2.05, 4.69) is 0 Å². The third-order valence-corrected chi connectivity index (χ3v) is 3.88. The van der Waals surface area contributed by atoms with E-state index in [4.69, 9.17) is 4.74 Å². The summed E-state index contributed by atoms with van der Waals surface area (Å²) in [5, 5.41) is 0. The van der Waals surface area contributed by atoms with Gasteiger partial charge in [0, 0.05) is 5.41 Å². The van der Waals surface area contributed by atoms with Crippen LogP contribution >= 0.6 is 0 Å². The highest BCUT2D eigenvalue weighted by Gasteiger charge is 2.49. The van der Waals surface area contributed by atoms with Crippen molar-refractivity contribution in [1.82, 2.24) is 0 Å². The van der Waals surface area contributed by atoms with Crippen molar-refractivity contribution in [2.45, 2.75) is 26.2 Å². The van der Waals surface area contributed by atoms with Crippen molar-refractivity contribution >= 4 is 17.8 Å². The van der Waals surface area contributed by atoms with Gasteiger partial charge in [0.15, 0.2) is 5.78 Å². The highest BCUT2D eigenvalue weighted by molar-refractivity contribution is 6.03. The molecule has 1 saturated carbocycles. The average Bonchev–Trinajstić information content (AvgIpc) is 3.22. The van der Waals surface area contributed by atoms with Gasteiger partial charge in [-0.25, -0.2) is 0 Å². The Morgan fingerprint density at radius 3 is 2.50 bits per heavy atom. The zero-order valence-corrected chi connectivity index (χ0v) is 12.0. The molecule has 1 unspecified atom stereocenters. The molecule has 0 saturated heterocycles. The van der Waals surface area contributed by atoms with Crippen LogP contribution in [0.25, 0.3) is 6.08 Å². The molecule has 20 heavy (non-hydrogen) atoms. The average molecular weight is 272 g/mol. The largest absolute Gasteiger partial charge is 0.468 e. The summed E-state index contributed by atoms with van der Waals surface area (Å²) in [6, 6.07) is 9.81. The Bertz CT molecular complexity index is 512. The van der Waals surface area contributed by atoms with Gasteiger partial charge in [-0.15, -0.1) is 0 Å². The Morgan fingerprint density at radius 2 is 1.95 bits per heavy atom. The first-order valence-electron chi connectivity index (χ1n) is 6.90. The maximum Gasteiger partial charge on any atom is 0.316 e. The van der Waals surface area contributed by atoms with Crippen molar-refractivity contribution < 1.29 is 14.3 Å². The molecule has 0 aromatic heterocycles. The van der Waals surface area contributed by atoms with Crippen molar-refractivity contribution in [1.29, 1.82) is 0 Å². The van der Waals surface area contributed by atoms with Crippen LogP contribution < -0.4 is 0 Å². The highest BCUT2D eigenvalue weighted by atomic mass is 16.5. The molecule has 1 aliphatic carbocycles. The molecule has 0 amide bonds. The van der Waals surface area contributed by atoms with Gasteiger partial charge in [0.2, 0.25) is 0 Å². The van der Waals surface area contributed by atoms with Crippen LogP contribution in [0.15, 0.2) is 36.4 Å². The Morgan fingerprint density at radius 1 is 1.30 bits per heavy atom. The van der Waals surface area contributed by atoms with Gasteiger partial charge in [0.05, 0.1) is 7.11 Å². The fourth-order valence-corrected chi connectivity index (χ4v) is 2.21. The maximum atomic E-state index is 12.3. The molecule has 3 heteroatoms. The van der Waals surface area contributed by atoms with Crippen LogP contribution in [-0.4, -0.2) is 18.9 Å². The van der Waals surface area contributed by atoms with E-state index in [0.717, 1.165) is 18.4 Å². The summed E-state index contributed by atoms with van der Waals surface area (Å²) >= 11 is 0. The van der Waals surface area contributed by atoms with Crippen molar-refractivity contribution in [3.8, 4) is 0 Å². The molecule has 0 N–H and O–H groups in total. The second-order valence-corrected chi connectivity index (χ2v) is 5.55. The predicted octanol–water partition coefficient (Wildman–Crippen LogP) is 3.25. The van der Waals surface area contributed by atoms with Gasteiger partial charge in [0.25, 0.3) is 0 Å². The summed E-state index contributed by atoms with van der Waals surface area (Å²) < 4.78 is 4.77. The summed E-state index contributed by atoms with van der Waals surface area (Å²) in [5.74, 6) is -1.09. The van der Waals surface area contributed by atoms with Crippen LogP contribution in [0.2, 0.25) is 0 Å². The van der Waals surface area contributed by atoms with Gasteiger partial charge >= 0.3 is 5.97 Å². The number of ether oxygens (including phenoxy) is 1. The highest BCUT2D eigenvalue weighted by Crippen LogP contribution is 2.48. The number of ketones is 1. The van der Waals surface area contributed by atoms with Gasteiger partial charge in [-0.3, -0.25) is 9.59 Å². The van der Waals surface area contributed by atoms with Crippen LogP contribution in [0.1, 0.15) is 31.7 Å². The van der Waals surface area contributed by atoms with Gasteiger partial charge in [0.1, 0.15) is 5.92 Å². The Kier molecular flexibility index (Phi) is 4.38. The Hall–Kier alpha value is -1.90. The normalized spacial score (nSPS) is 17.7. The molecule has 1 atom stereocenters. The number of esters is 1. The lowest BCUT2D eigenvalue weighted by Gasteiger charge is -2.15. The molecule has 2 rings (SSSR count). The minimum absolute atomic E-state index is 0.0158. The predicted molar refractivity (Wildman–Crippen MR) is 77.9 cm³/mol. The van der Waals surface area contributed by atoms with Crippen molar-refractivity contribution in [3.63, 3.8) is 0 Å². The standard InChI is InChI=1S/C17H20O3/c1-17(11-12-17)15(18)14(16(19)20-2)10-6-9-13-7-4-3-5-8-13/h3-9,14H,10-12H2,1-2H3/b9-6-. The van der Waals surface area contributed by atoms with Gasteiger partial charge in [-0.1, -0.05) is 49.4 Å². The molecule has 106 valence electrons. The lowest BCUT2D eigenvalue weighted by molar-refractivity contribution is -0.150. The molecule has 1 aliphatic rings. The zero-order chi connectivity index (χ0) is 14.6. The lowest BCUT2D eigenvalue weighted by atomic mass is 9.89. The molecular formula is C17H20O3. The Labute approximate surface area is 119 Å². The zero-order valence-electron chi connectivity index (χ0n) is 12.0. The SMILES string of the molecule is COC(=O)C(C/C=C\c1ccccc1)C(=O)C1(C)CC1. The first kappa shape index (κ1) is 14.5. The minimum atomic E-state index is -0.674. The van der Waals surface area contributed by atoms with Gasteiger partial charge in [-0.2, -0.15) is 0 Å². The number of Topliss-reactive ketones (excluding diaryl/α,β-unsaturated/α-hetero) is 1. The summed E-state index contributed by atoms with van der Waals surface area (Å²) in [4.78, 5) is 24.1. The summed E-state index contributed by atoms with van der Waals surface area (Å²) in [6.07, 6.45) is 5.96. The smallest absolute Gasteiger partial charge is 0.316 e. The molecule has 0 heterocycles. The number of carbonyl (C=O) groups is 2. The topological polar surface area (TPSA) is 43.4 Å². The van der Waals surface area contributed by atoms with E-state index in [-0.39, 0.29) is 11.2 Å². The number of allylic oxidation sites excluding steroid dienone is 1. The Balaban J connectivity index is 2.03. The van der Waals surface area contributed by atoms with E-state index in [1.807, 2.05) is 49.4 Å². The molecule has 0 spiro atoms. The van der Waals surface area contributed by atoms with Crippen LogP contribution in [0.4, 0.5) is 0 Å². The fraction of sp³-hybridized carbons (Fsp3) is 0.412. The van der Waals surface area contributed by atoms with Crippen LogP contribution in [0, 0.1) is 11.3 Å². The van der Waals surface area contributed by atoms with E-state index in [0.29, 0.717) is 6.42 Å². The molecular weight excluding hydrogens is 252 g/mol. The summed E-state index contributed by atoms with van der Waals surface area (Å²) in [5.41, 5.74) is 0.751. The third kappa shape index (κ3) is 3.35. The molecule has 0 radical (unpaired) electrons. The second kappa shape index (κ2) is 6.04. The number of hydrogen-bond acceptors (Lipinski definition) is 3. The van der Waals surface area contributed by atoms with Crippen LogP contribution in [0.3, 0.4) is 0 Å². The first-order valence-corrected chi connectivity index (χ1v) is 6.90. The van der Waals surface area contributed by atoms with E-state index in [1.54, 1.807) is 0 Å². The van der Waals surface area contributed by atoms with Gasteiger partial charge < -0.3 is 4.74 Å². The van der Waals surface area contributed by atoms with Crippen LogP contribution in [-0.2, 0) is 14.3 Å². The number of rotatable bonds is 6. The number of methoxy groups -OCH3 is 1. The van der Waals surface area contributed by atoms with E-state index in [9.17, 15) is 9.59 Å². The van der Waals surface area contributed by atoms with Crippen molar-refractivity contribution in [2.75, 3.05) is 7.11 Å². The number of hydrogen-bond donors (Lipinski definition) is 0. The monoisotopic (exact) mass is 272 g/mol. The van der Waals surface area contributed by atoms with Crippen molar-refractivity contribution in [3.05, 3.63) is 42.0 Å². The molecule has 1 aromatic carbocycles. The number of carbonyl (C=O) groups excluding carboxylic acids is 2. The second-order valence-electron chi connectivity index (χ2n) is 5.55. The van der Waals surface area contributed by atoms with Gasteiger partial charge in [-0.05, 0) is 24.8 Å². The quantitative estimate of drug-likeness (QED) is 0.590. The number of benzene rings is 1.